The third-order valence-corrected chi connectivity index (χ3v) is 3.74. The van der Waals surface area contributed by atoms with E-state index < -0.39 is 24.3 Å². The molecule has 0 saturated carbocycles. The number of nitrogens with zero attached hydrogens (tertiary/aromatic N) is 1. The predicted molar refractivity (Wildman–Crippen MR) is 96.7 cm³/mol. The number of aromatic nitrogens is 2. The topological polar surface area (TPSA) is 101 Å². The van der Waals surface area contributed by atoms with E-state index in [4.69, 9.17) is 4.74 Å². The van der Waals surface area contributed by atoms with Crippen LogP contribution in [0.2, 0.25) is 0 Å². The van der Waals surface area contributed by atoms with Gasteiger partial charge in [-0.2, -0.15) is 0 Å². The highest BCUT2D eigenvalue weighted by Crippen LogP contribution is 2.12. The first-order chi connectivity index (χ1) is 13.0. The van der Waals surface area contributed by atoms with Gasteiger partial charge in [0, 0.05) is 6.42 Å². The zero-order valence-corrected chi connectivity index (χ0v) is 14.2. The number of aromatic amines is 1. The Morgan fingerprint density at radius 2 is 1.85 bits per heavy atom. The number of esters is 1. The fourth-order valence-corrected chi connectivity index (χ4v) is 2.44. The number of ether oxygens (including phenoxy) is 1. The number of hydrogen-bond acceptors (Lipinski definition) is 5. The molecular formula is C19H16FN3O4. The molecule has 0 radical (unpaired) electrons. The summed E-state index contributed by atoms with van der Waals surface area (Å²) in [6.45, 7) is -0.533. The third-order valence-electron chi connectivity index (χ3n) is 3.74. The molecule has 27 heavy (non-hydrogen) atoms. The van der Waals surface area contributed by atoms with Crippen LogP contribution in [-0.4, -0.2) is 28.5 Å². The number of rotatable bonds is 6. The van der Waals surface area contributed by atoms with Crippen molar-refractivity contribution in [3.05, 3.63) is 70.5 Å². The summed E-state index contributed by atoms with van der Waals surface area (Å²) in [4.78, 5) is 42.4. The first kappa shape index (κ1) is 18.2. The summed E-state index contributed by atoms with van der Waals surface area (Å²) in [5.74, 6) is -1.50. The lowest BCUT2D eigenvalue weighted by molar-refractivity contribution is -0.147. The van der Waals surface area contributed by atoms with Gasteiger partial charge < -0.3 is 15.0 Å². The Balaban J connectivity index is 1.50. The summed E-state index contributed by atoms with van der Waals surface area (Å²) in [5.41, 5.74) is 0.263. The van der Waals surface area contributed by atoms with E-state index in [0.29, 0.717) is 16.7 Å². The summed E-state index contributed by atoms with van der Waals surface area (Å²) >= 11 is 0. The average Bonchev–Trinajstić information content (AvgIpc) is 2.66. The lowest BCUT2D eigenvalue weighted by Crippen LogP contribution is -2.22. The molecular weight excluding hydrogens is 353 g/mol. The van der Waals surface area contributed by atoms with E-state index >= 15 is 0 Å². The van der Waals surface area contributed by atoms with Crippen molar-refractivity contribution < 1.29 is 18.7 Å². The van der Waals surface area contributed by atoms with Crippen molar-refractivity contribution in [2.75, 3.05) is 11.9 Å². The van der Waals surface area contributed by atoms with Gasteiger partial charge in [0.05, 0.1) is 23.0 Å². The molecule has 0 atom stereocenters. The van der Waals surface area contributed by atoms with Gasteiger partial charge in [-0.1, -0.05) is 24.3 Å². The minimum Gasteiger partial charge on any atom is -0.456 e. The van der Waals surface area contributed by atoms with E-state index in [0.717, 1.165) is 0 Å². The van der Waals surface area contributed by atoms with Crippen molar-refractivity contribution in [3.8, 4) is 0 Å². The Kier molecular flexibility index (Phi) is 5.55. The highest BCUT2D eigenvalue weighted by atomic mass is 19.1. The molecule has 0 saturated heterocycles. The van der Waals surface area contributed by atoms with Gasteiger partial charge in [0.25, 0.3) is 11.5 Å². The smallest absolute Gasteiger partial charge is 0.306 e. The highest BCUT2D eigenvalue weighted by Gasteiger charge is 2.11. The van der Waals surface area contributed by atoms with Crippen molar-refractivity contribution in [1.29, 1.82) is 0 Å². The maximum absolute atomic E-state index is 13.4. The lowest BCUT2D eigenvalue weighted by Gasteiger charge is -2.07. The molecule has 0 bridgehead atoms. The molecule has 0 aliphatic carbocycles. The van der Waals surface area contributed by atoms with Crippen LogP contribution >= 0.6 is 0 Å². The summed E-state index contributed by atoms with van der Waals surface area (Å²) in [6, 6.07) is 12.5. The summed E-state index contributed by atoms with van der Waals surface area (Å²) in [6.07, 6.45) is 0.0993. The first-order valence-electron chi connectivity index (χ1n) is 8.21. The Labute approximate surface area is 153 Å². The van der Waals surface area contributed by atoms with E-state index in [1.165, 1.54) is 18.2 Å². The molecule has 2 aromatic carbocycles. The molecule has 0 unspecified atom stereocenters. The average molecular weight is 369 g/mol. The lowest BCUT2D eigenvalue weighted by atomic mass is 10.2. The van der Waals surface area contributed by atoms with Crippen LogP contribution in [0.5, 0.6) is 0 Å². The number of nitrogens with one attached hydrogen (secondary N) is 2. The molecule has 138 valence electrons. The van der Waals surface area contributed by atoms with E-state index in [9.17, 15) is 18.8 Å². The Hall–Kier alpha value is -3.55. The summed E-state index contributed by atoms with van der Waals surface area (Å²) < 4.78 is 18.3. The molecule has 1 amide bonds. The Morgan fingerprint density at radius 1 is 1.11 bits per heavy atom. The molecule has 1 heterocycles. The number of para-hydroxylation sites is 2. The van der Waals surface area contributed by atoms with Crippen LogP contribution in [0.15, 0.2) is 53.3 Å². The van der Waals surface area contributed by atoms with Crippen LogP contribution in [0, 0.1) is 5.82 Å². The molecule has 0 fully saturated rings. The van der Waals surface area contributed by atoms with Crippen molar-refractivity contribution in [2.45, 2.75) is 12.8 Å². The SMILES string of the molecule is O=C(COC(=O)CCc1nc2ccccc2c(=O)[nH]1)Nc1ccccc1F. The zero-order valence-electron chi connectivity index (χ0n) is 14.2. The van der Waals surface area contributed by atoms with Gasteiger partial charge in [0.2, 0.25) is 0 Å². The van der Waals surface area contributed by atoms with Crippen LogP contribution in [0.4, 0.5) is 10.1 Å². The Morgan fingerprint density at radius 3 is 2.67 bits per heavy atom. The van der Waals surface area contributed by atoms with Gasteiger partial charge in [0.15, 0.2) is 6.61 Å². The number of hydrogen-bond donors (Lipinski definition) is 2. The monoisotopic (exact) mass is 369 g/mol. The van der Waals surface area contributed by atoms with Crippen LogP contribution in [0.1, 0.15) is 12.2 Å². The van der Waals surface area contributed by atoms with Gasteiger partial charge in [-0.3, -0.25) is 14.4 Å². The first-order valence-corrected chi connectivity index (χ1v) is 8.21. The maximum atomic E-state index is 13.4. The Bertz CT molecular complexity index is 1050. The number of aryl methyl sites for hydroxylation is 1. The van der Waals surface area contributed by atoms with Crippen molar-refractivity contribution in [2.24, 2.45) is 0 Å². The van der Waals surface area contributed by atoms with Gasteiger partial charge in [-0.05, 0) is 24.3 Å². The molecule has 0 aliphatic heterocycles. The van der Waals surface area contributed by atoms with Gasteiger partial charge in [-0.25, -0.2) is 9.37 Å². The standard InChI is InChI=1S/C19H16FN3O4/c20-13-6-2-4-8-15(13)22-17(24)11-27-18(25)10-9-16-21-14-7-3-1-5-12(14)19(26)23-16/h1-8H,9-11H2,(H,22,24)(H,21,23,26). The number of anilines is 1. The fraction of sp³-hybridized carbons (Fsp3) is 0.158. The van der Waals surface area contributed by atoms with Gasteiger partial charge in [-0.15, -0.1) is 0 Å². The van der Waals surface area contributed by atoms with E-state index in [1.54, 1.807) is 30.3 Å². The fourth-order valence-electron chi connectivity index (χ4n) is 2.44. The summed E-state index contributed by atoms with van der Waals surface area (Å²) in [7, 11) is 0. The molecule has 8 heteroatoms. The van der Waals surface area contributed by atoms with Crippen LogP contribution in [0.25, 0.3) is 10.9 Å². The second-order valence-corrected chi connectivity index (χ2v) is 5.72. The normalized spacial score (nSPS) is 10.6. The molecule has 0 spiro atoms. The zero-order chi connectivity index (χ0) is 19.2. The predicted octanol–water partition coefficient (Wildman–Crippen LogP) is 2.18. The largest absolute Gasteiger partial charge is 0.456 e. The highest BCUT2D eigenvalue weighted by molar-refractivity contribution is 5.92. The summed E-state index contributed by atoms with van der Waals surface area (Å²) in [5, 5.41) is 2.78. The molecule has 3 rings (SSSR count). The minimum absolute atomic E-state index is 0.0106. The van der Waals surface area contributed by atoms with E-state index in [1.807, 2.05) is 0 Å². The quantitative estimate of drug-likeness (QED) is 0.649. The second kappa shape index (κ2) is 8.22. The number of benzene rings is 2. The molecule has 2 N–H and O–H groups in total. The van der Waals surface area contributed by atoms with Crippen molar-refractivity contribution in [1.82, 2.24) is 9.97 Å². The van der Waals surface area contributed by atoms with Crippen molar-refractivity contribution in [3.63, 3.8) is 0 Å². The van der Waals surface area contributed by atoms with Crippen molar-refractivity contribution >= 4 is 28.5 Å². The molecule has 0 aliphatic rings. The molecule has 3 aromatic rings. The number of fused-ring (bicyclic) bond motifs is 1. The van der Waals surface area contributed by atoms with Gasteiger partial charge in [0.1, 0.15) is 11.6 Å². The number of amides is 1. The number of carbonyl (C=O) groups excluding carboxylic acids is 2. The third kappa shape index (κ3) is 4.75. The molecule has 7 nitrogen and oxygen atoms in total. The minimum atomic E-state index is -0.648. The number of carbonyl (C=O) groups is 2. The molecule has 1 aromatic heterocycles. The number of halogens is 1. The van der Waals surface area contributed by atoms with Crippen LogP contribution in [-0.2, 0) is 20.7 Å². The van der Waals surface area contributed by atoms with Crippen LogP contribution in [0.3, 0.4) is 0 Å². The second-order valence-electron chi connectivity index (χ2n) is 5.72. The number of H-pyrrole nitrogens is 1. The van der Waals surface area contributed by atoms with E-state index in [2.05, 4.69) is 15.3 Å². The maximum Gasteiger partial charge on any atom is 0.306 e. The van der Waals surface area contributed by atoms with E-state index in [-0.39, 0.29) is 24.1 Å². The van der Waals surface area contributed by atoms with Gasteiger partial charge >= 0.3 is 5.97 Å². The van der Waals surface area contributed by atoms with Crippen LogP contribution < -0.4 is 10.9 Å².